The van der Waals surface area contributed by atoms with Crippen molar-refractivity contribution in [3.8, 4) is 0 Å². The summed E-state index contributed by atoms with van der Waals surface area (Å²) in [5, 5.41) is 3.42. The van der Waals surface area contributed by atoms with Crippen LogP contribution in [0.4, 0.5) is 0 Å². The van der Waals surface area contributed by atoms with E-state index in [1.54, 1.807) is 0 Å². The molecular weight excluding hydrogens is 302 g/mol. The topological polar surface area (TPSA) is 44.8 Å². The highest BCUT2D eigenvalue weighted by Gasteiger charge is 2.27. The molecule has 3 aliphatic rings. The maximum atomic E-state index is 12.6. The molecule has 0 aromatic carbocycles. The number of hydrogen-bond acceptors (Lipinski definition) is 4. The Hall–Kier alpha value is -0.650. The number of piperazine rings is 1. The fourth-order valence-electron chi connectivity index (χ4n) is 4.46. The van der Waals surface area contributed by atoms with Crippen LogP contribution in [0, 0.1) is 17.8 Å². The summed E-state index contributed by atoms with van der Waals surface area (Å²) in [6.45, 7) is 11.5. The van der Waals surface area contributed by atoms with E-state index < -0.39 is 0 Å². The molecule has 0 radical (unpaired) electrons. The lowest BCUT2D eigenvalue weighted by Crippen LogP contribution is -2.50. The fraction of sp³-hybridized carbons (Fsp3) is 0.947. The number of ether oxygens (including phenoxy) is 1. The Morgan fingerprint density at radius 1 is 1.08 bits per heavy atom. The summed E-state index contributed by atoms with van der Waals surface area (Å²) in [6, 6.07) is 0. The zero-order chi connectivity index (χ0) is 16.8. The Labute approximate surface area is 147 Å². The molecule has 138 valence electrons. The third-order valence-electron chi connectivity index (χ3n) is 6.27. The fourth-order valence-corrected chi connectivity index (χ4v) is 4.46. The smallest absolute Gasteiger partial charge is 0.222 e. The van der Waals surface area contributed by atoms with Crippen LogP contribution in [0.5, 0.6) is 0 Å². The predicted molar refractivity (Wildman–Crippen MR) is 95.9 cm³/mol. The summed E-state index contributed by atoms with van der Waals surface area (Å²) in [6.07, 6.45) is 5.60. The van der Waals surface area contributed by atoms with Crippen molar-refractivity contribution in [2.75, 3.05) is 59.0 Å². The Balaban J connectivity index is 1.36. The Kier molecular flexibility index (Phi) is 6.93. The van der Waals surface area contributed by atoms with Crippen LogP contribution in [0.3, 0.4) is 0 Å². The van der Waals surface area contributed by atoms with E-state index >= 15 is 0 Å². The molecule has 0 aromatic rings. The van der Waals surface area contributed by atoms with Gasteiger partial charge in [-0.2, -0.15) is 0 Å². The van der Waals surface area contributed by atoms with Crippen molar-refractivity contribution in [1.29, 1.82) is 0 Å². The SMILES string of the molecule is CC(CC(=O)N1CCN(CC2CCOCC2)CC1)C1CCNCC1. The van der Waals surface area contributed by atoms with Crippen molar-refractivity contribution in [3.05, 3.63) is 0 Å². The second-order valence-corrected chi connectivity index (χ2v) is 8.01. The van der Waals surface area contributed by atoms with Gasteiger partial charge >= 0.3 is 0 Å². The largest absolute Gasteiger partial charge is 0.381 e. The molecule has 3 fully saturated rings. The minimum Gasteiger partial charge on any atom is -0.381 e. The highest BCUT2D eigenvalue weighted by atomic mass is 16.5. The first-order valence-corrected chi connectivity index (χ1v) is 10.0. The lowest BCUT2D eigenvalue weighted by molar-refractivity contribution is -0.134. The Morgan fingerprint density at radius 2 is 1.75 bits per heavy atom. The highest BCUT2D eigenvalue weighted by molar-refractivity contribution is 5.76. The number of piperidine rings is 1. The molecule has 24 heavy (non-hydrogen) atoms. The highest BCUT2D eigenvalue weighted by Crippen LogP contribution is 2.25. The van der Waals surface area contributed by atoms with Crippen LogP contribution in [0.1, 0.15) is 39.0 Å². The normalized spacial score (nSPS) is 26.5. The van der Waals surface area contributed by atoms with E-state index in [1.165, 1.54) is 32.2 Å². The summed E-state index contributed by atoms with van der Waals surface area (Å²) in [4.78, 5) is 17.3. The van der Waals surface area contributed by atoms with E-state index in [4.69, 9.17) is 4.74 Å². The number of nitrogens with one attached hydrogen (secondary N) is 1. The van der Waals surface area contributed by atoms with Crippen LogP contribution in [0.25, 0.3) is 0 Å². The quantitative estimate of drug-likeness (QED) is 0.827. The third kappa shape index (κ3) is 5.17. The molecule has 3 aliphatic heterocycles. The van der Waals surface area contributed by atoms with Crippen LogP contribution in [0.15, 0.2) is 0 Å². The van der Waals surface area contributed by atoms with Crippen LogP contribution in [-0.2, 0) is 9.53 Å². The molecule has 5 nitrogen and oxygen atoms in total. The second-order valence-electron chi connectivity index (χ2n) is 8.01. The second kappa shape index (κ2) is 9.16. The van der Waals surface area contributed by atoms with Crippen molar-refractivity contribution >= 4 is 5.91 Å². The number of amides is 1. The predicted octanol–water partition coefficient (Wildman–Crippen LogP) is 1.58. The van der Waals surface area contributed by atoms with E-state index in [2.05, 4.69) is 22.0 Å². The minimum atomic E-state index is 0.381. The average molecular weight is 338 g/mol. The molecule has 0 spiro atoms. The van der Waals surface area contributed by atoms with Gasteiger partial charge in [0.1, 0.15) is 0 Å². The van der Waals surface area contributed by atoms with Gasteiger partial charge in [0, 0.05) is 52.4 Å². The third-order valence-corrected chi connectivity index (χ3v) is 6.27. The van der Waals surface area contributed by atoms with Crippen molar-refractivity contribution in [2.24, 2.45) is 17.8 Å². The van der Waals surface area contributed by atoms with Crippen LogP contribution in [0.2, 0.25) is 0 Å². The van der Waals surface area contributed by atoms with E-state index in [9.17, 15) is 4.79 Å². The van der Waals surface area contributed by atoms with E-state index in [0.29, 0.717) is 11.8 Å². The van der Waals surface area contributed by atoms with Gasteiger partial charge < -0.3 is 15.0 Å². The summed E-state index contributed by atoms with van der Waals surface area (Å²) < 4.78 is 5.45. The van der Waals surface area contributed by atoms with Gasteiger partial charge in [-0.25, -0.2) is 0 Å². The van der Waals surface area contributed by atoms with Gasteiger partial charge in [-0.05, 0) is 56.5 Å². The summed E-state index contributed by atoms with van der Waals surface area (Å²) >= 11 is 0. The van der Waals surface area contributed by atoms with Crippen molar-refractivity contribution in [1.82, 2.24) is 15.1 Å². The Morgan fingerprint density at radius 3 is 2.42 bits per heavy atom. The molecule has 1 unspecified atom stereocenters. The van der Waals surface area contributed by atoms with E-state index in [-0.39, 0.29) is 0 Å². The van der Waals surface area contributed by atoms with Gasteiger partial charge in [0.25, 0.3) is 0 Å². The van der Waals surface area contributed by atoms with Crippen molar-refractivity contribution in [3.63, 3.8) is 0 Å². The molecule has 1 N–H and O–H groups in total. The van der Waals surface area contributed by atoms with Gasteiger partial charge in [-0.3, -0.25) is 9.69 Å². The summed E-state index contributed by atoms with van der Waals surface area (Å²) in [5.41, 5.74) is 0. The van der Waals surface area contributed by atoms with E-state index in [1.807, 2.05) is 0 Å². The van der Waals surface area contributed by atoms with Gasteiger partial charge in [-0.15, -0.1) is 0 Å². The minimum absolute atomic E-state index is 0.381. The zero-order valence-corrected chi connectivity index (χ0v) is 15.3. The number of rotatable bonds is 5. The van der Waals surface area contributed by atoms with Crippen molar-refractivity contribution in [2.45, 2.75) is 39.0 Å². The lowest BCUT2D eigenvalue weighted by atomic mass is 9.84. The standard InChI is InChI=1S/C19H35N3O2/c1-16(18-2-6-20-7-3-18)14-19(23)22-10-8-21(9-11-22)15-17-4-12-24-13-5-17/h16-18,20H,2-15H2,1H3. The van der Waals surface area contributed by atoms with Crippen LogP contribution >= 0.6 is 0 Å². The average Bonchev–Trinajstić information content (AvgIpc) is 2.64. The molecule has 0 saturated carbocycles. The maximum absolute atomic E-state index is 12.6. The summed E-state index contributed by atoms with van der Waals surface area (Å²) in [5.74, 6) is 2.43. The lowest BCUT2D eigenvalue weighted by Gasteiger charge is -2.38. The molecule has 0 aromatic heterocycles. The molecule has 1 atom stereocenters. The van der Waals surface area contributed by atoms with Crippen LogP contribution < -0.4 is 5.32 Å². The molecule has 0 aliphatic carbocycles. The number of carbonyl (C=O) groups excluding carboxylic acids is 1. The van der Waals surface area contributed by atoms with E-state index in [0.717, 1.165) is 70.7 Å². The maximum Gasteiger partial charge on any atom is 0.222 e. The first-order valence-electron chi connectivity index (χ1n) is 10.0. The van der Waals surface area contributed by atoms with Crippen LogP contribution in [-0.4, -0.2) is 74.7 Å². The molecule has 5 heteroatoms. The van der Waals surface area contributed by atoms with Gasteiger partial charge in [-0.1, -0.05) is 6.92 Å². The van der Waals surface area contributed by atoms with Crippen molar-refractivity contribution < 1.29 is 9.53 Å². The molecule has 3 saturated heterocycles. The zero-order valence-electron chi connectivity index (χ0n) is 15.3. The number of carbonyl (C=O) groups is 1. The molecule has 1 amide bonds. The number of nitrogens with zero attached hydrogens (tertiary/aromatic N) is 2. The number of hydrogen-bond donors (Lipinski definition) is 1. The van der Waals surface area contributed by atoms with Gasteiger partial charge in [0.15, 0.2) is 0 Å². The first-order chi connectivity index (χ1) is 11.7. The molecule has 3 rings (SSSR count). The van der Waals surface area contributed by atoms with Gasteiger partial charge in [0.05, 0.1) is 0 Å². The summed E-state index contributed by atoms with van der Waals surface area (Å²) in [7, 11) is 0. The molecular formula is C19H35N3O2. The Bertz CT molecular complexity index is 384. The molecule has 3 heterocycles. The van der Waals surface area contributed by atoms with Gasteiger partial charge in [0.2, 0.25) is 5.91 Å². The first kappa shape index (κ1) is 18.2. The molecule has 0 bridgehead atoms. The monoisotopic (exact) mass is 337 g/mol.